The molecule has 0 radical (unpaired) electrons. The van der Waals surface area contributed by atoms with Crippen LogP contribution in [0.15, 0.2) is 42.5 Å². The molecule has 1 amide bonds. The van der Waals surface area contributed by atoms with Gasteiger partial charge in [-0.3, -0.25) is 4.79 Å². The van der Waals surface area contributed by atoms with Crippen molar-refractivity contribution in [2.45, 2.75) is 13.1 Å². The Hall–Kier alpha value is -2.54. The van der Waals surface area contributed by atoms with Crippen molar-refractivity contribution in [2.24, 2.45) is 0 Å². The van der Waals surface area contributed by atoms with E-state index in [0.717, 1.165) is 6.07 Å². The van der Waals surface area contributed by atoms with Gasteiger partial charge in [-0.1, -0.05) is 29.8 Å². The average molecular weight is 372 g/mol. The van der Waals surface area contributed by atoms with Gasteiger partial charge in [0.2, 0.25) is 0 Å². The molecule has 0 heterocycles. The van der Waals surface area contributed by atoms with Crippen molar-refractivity contribution in [1.82, 2.24) is 0 Å². The summed E-state index contributed by atoms with van der Waals surface area (Å²) in [5.74, 6) is -1.46. The van der Waals surface area contributed by atoms with E-state index in [0.29, 0.717) is 17.2 Å². The molecule has 0 aliphatic rings. The van der Waals surface area contributed by atoms with E-state index in [-0.39, 0.29) is 5.69 Å². The quantitative estimate of drug-likeness (QED) is 0.807. The van der Waals surface area contributed by atoms with E-state index < -0.39 is 35.2 Å². The van der Waals surface area contributed by atoms with E-state index in [9.17, 15) is 22.8 Å². The van der Waals surface area contributed by atoms with Crippen molar-refractivity contribution in [1.29, 1.82) is 0 Å². The molecule has 2 rings (SSSR count). The summed E-state index contributed by atoms with van der Waals surface area (Å²) < 4.78 is 43.2. The van der Waals surface area contributed by atoms with Crippen LogP contribution in [0.4, 0.5) is 18.9 Å². The number of aryl methyl sites for hydroxylation is 1. The van der Waals surface area contributed by atoms with Crippen molar-refractivity contribution in [3.63, 3.8) is 0 Å². The van der Waals surface area contributed by atoms with Gasteiger partial charge >= 0.3 is 12.1 Å². The first-order valence-electron chi connectivity index (χ1n) is 7.08. The first kappa shape index (κ1) is 18.8. The fourth-order valence-corrected chi connectivity index (χ4v) is 2.25. The molecule has 0 fully saturated rings. The number of alkyl halides is 3. The number of carbonyl (C=O) groups excluding carboxylic acids is 2. The molecular weight excluding hydrogens is 359 g/mol. The third kappa shape index (κ3) is 4.96. The minimum absolute atomic E-state index is 0.103. The van der Waals surface area contributed by atoms with E-state index in [1.165, 1.54) is 6.07 Å². The van der Waals surface area contributed by atoms with E-state index in [1.54, 1.807) is 31.2 Å². The molecule has 0 saturated carbocycles. The number of ether oxygens (including phenoxy) is 1. The van der Waals surface area contributed by atoms with Gasteiger partial charge in [0.05, 0.1) is 16.1 Å². The summed E-state index contributed by atoms with van der Waals surface area (Å²) >= 11 is 5.50. The number of nitrogens with one attached hydrogen (secondary N) is 1. The Bertz CT molecular complexity index is 806. The van der Waals surface area contributed by atoms with Gasteiger partial charge in [-0.2, -0.15) is 13.2 Å². The molecular formula is C17H13ClF3NO3. The monoisotopic (exact) mass is 371 g/mol. The predicted octanol–water partition coefficient (Wildman–Crippen LogP) is 4.46. The van der Waals surface area contributed by atoms with Crippen molar-refractivity contribution in [2.75, 3.05) is 11.9 Å². The van der Waals surface area contributed by atoms with Crippen LogP contribution < -0.4 is 5.32 Å². The maximum atomic E-state index is 12.8. The number of carbonyl (C=O) groups is 2. The lowest BCUT2D eigenvalue weighted by molar-refractivity contribution is -0.137. The molecule has 8 heteroatoms. The Morgan fingerprint density at radius 2 is 1.84 bits per heavy atom. The predicted molar refractivity (Wildman–Crippen MR) is 86.5 cm³/mol. The summed E-state index contributed by atoms with van der Waals surface area (Å²) in [5, 5.41) is 1.75. The van der Waals surface area contributed by atoms with E-state index in [2.05, 4.69) is 5.32 Å². The number of hydrogen-bond donors (Lipinski definition) is 1. The molecule has 4 nitrogen and oxygen atoms in total. The molecule has 0 aromatic heterocycles. The van der Waals surface area contributed by atoms with Crippen molar-refractivity contribution in [3.8, 4) is 0 Å². The van der Waals surface area contributed by atoms with Gasteiger partial charge in [0.1, 0.15) is 0 Å². The highest BCUT2D eigenvalue weighted by molar-refractivity contribution is 6.31. The van der Waals surface area contributed by atoms with Crippen LogP contribution in [-0.4, -0.2) is 18.5 Å². The molecule has 0 aliphatic carbocycles. The van der Waals surface area contributed by atoms with Crippen molar-refractivity contribution < 1.29 is 27.5 Å². The average Bonchev–Trinajstić information content (AvgIpc) is 2.54. The zero-order chi connectivity index (χ0) is 18.6. The van der Waals surface area contributed by atoms with Gasteiger partial charge in [-0.25, -0.2) is 4.79 Å². The first-order chi connectivity index (χ1) is 11.7. The molecule has 0 spiro atoms. The lowest BCUT2D eigenvalue weighted by atomic mass is 10.1. The van der Waals surface area contributed by atoms with Crippen LogP contribution in [0, 0.1) is 6.92 Å². The highest BCUT2D eigenvalue weighted by atomic mass is 35.5. The number of benzene rings is 2. The van der Waals surface area contributed by atoms with Gasteiger partial charge in [-0.05, 0) is 36.8 Å². The zero-order valence-corrected chi connectivity index (χ0v) is 13.7. The molecule has 2 aromatic rings. The van der Waals surface area contributed by atoms with E-state index >= 15 is 0 Å². The van der Waals surface area contributed by atoms with E-state index in [1.807, 2.05) is 0 Å². The zero-order valence-electron chi connectivity index (χ0n) is 13.0. The largest absolute Gasteiger partial charge is 0.452 e. The van der Waals surface area contributed by atoms with Crippen LogP contribution in [0.1, 0.15) is 21.5 Å². The van der Waals surface area contributed by atoms with Crippen LogP contribution in [0.25, 0.3) is 0 Å². The summed E-state index contributed by atoms with van der Waals surface area (Å²) in [6.07, 6.45) is -4.64. The number of esters is 1. The number of anilines is 1. The smallest absolute Gasteiger partial charge is 0.417 e. The molecule has 0 bridgehead atoms. The highest BCUT2D eigenvalue weighted by Crippen LogP contribution is 2.36. The number of halogens is 4. The molecule has 132 valence electrons. The lowest BCUT2D eigenvalue weighted by Crippen LogP contribution is -2.21. The normalized spacial score (nSPS) is 11.1. The summed E-state index contributed by atoms with van der Waals surface area (Å²) in [7, 11) is 0. The number of rotatable bonds is 4. The molecule has 2 aromatic carbocycles. The maximum absolute atomic E-state index is 12.8. The molecule has 25 heavy (non-hydrogen) atoms. The molecule has 0 unspecified atom stereocenters. The Labute approximate surface area is 146 Å². The second kappa shape index (κ2) is 7.57. The molecule has 0 atom stereocenters. The van der Waals surface area contributed by atoms with Crippen LogP contribution in [0.2, 0.25) is 5.02 Å². The topological polar surface area (TPSA) is 55.4 Å². The Kier molecular flexibility index (Phi) is 5.69. The number of amides is 1. The van der Waals surface area contributed by atoms with Crippen LogP contribution in [0.3, 0.4) is 0 Å². The maximum Gasteiger partial charge on any atom is 0.417 e. The molecule has 0 saturated heterocycles. The van der Waals surface area contributed by atoms with Crippen LogP contribution >= 0.6 is 11.6 Å². The van der Waals surface area contributed by atoms with Crippen LogP contribution in [-0.2, 0) is 15.7 Å². The minimum Gasteiger partial charge on any atom is -0.452 e. The van der Waals surface area contributed by atoms with Crippen molar-refractivity contribution >= 4 is 29.2 Å². The van der Waals surface area contributed by atoms with Crippen LogP contribution in [0.5, 0.6) is 0 Å². The second-order valence-corrected chi connectivity index (χ2v) is 5.54. The van der Waals surface area contributed by atoms with Gasteiger partial charge in [0.25, 0.3) is 5.91 Å². The fourth-order valence-electron chi connectivity index (χ4n) is 2.03. The summed E-state index contributed by atoms with van der Waals surface area (Å²) in [5.41, 5.74) is -0.181. The van der Waals surface area contributed by atoms with Gasteiger partial charge in [0.15, 0.2) is 6.61 Å². The third-order valence-electron chi connectivity index (χ3n) is 3.25. The minimum atomic E-state index is -4.64. The fraction of sp³-hybridized carbons (Fsp3) is 0.176. The lowest BCUT2D eigenvalue weighted by Gasteiger charge is -2.12. The van der Waals surface area contributed by atoms with E-state index in [4.69, 9.17) is 16.3 Å². The highest BCUT2D eigenvalue weighted by Gasteiger charge is 2.33. The molecule has 0 aliphatic heterocycles. The Morgan fingerprint density at radius 1 is 1.16 bits per heavy atom. The summed E-state index contributed by atoms with van der Waals surface area (Å²) in [6, 6.07) is 9.61. The Balaban J connectivity index is 1.99. The summed E-state index contributed by atoms with van der Waals surface area (Å²) in [4.78, 5) is 23.7. The third-order valence-corrected chi connectivity index (χ3v) is 3.58. The number of hydrogen-bond acceptors (Lipinski definition) is 3. The summed E-state index contributed by atoms with van der Waals surface area (Å²) in [6.45, 7) is 1.08. The second-order valence-electron chi connectivity index (χ2n) is 5.13. The van der Waals surface area contributed by atoms with Crippen molar-refractivity contribution in [3.05, 3.63) is 64.2 Å². The van der Waals surface area contributed by atoms with Gasteiger partial charge < -0.3 is 10.1 Å². The SMILES string of the molecule is Cc1ccccc1C(=O)OCC(=O)Nc1ccc(Cl)c(C(F)(F)F)c1. The van der Waals surface area contributed by atoms with Gasteiger partial charge in [0, 0.05) is 5.69 Å². The molecule has 1 N–H and O–H groups in total. The van der Waals surface area contributed by atoms with Gasteiger partial charge in [-0.15, -0.1) is 0 Å². The first-order valence-corrected chi connectivity index (χ1v) is 7.45. The Morgan fingerprint density at radius 3 is 2.48 bits per heavy atom. The standard InChI is InChI=1S/C17H13ClF3NO3/c1-10-4-2-3-5-12(10)16(24)25-9-15(23)22-11-6-7-14(18)13(8-11)17(19,20)21/h2-8H,9H2,1H3,(H,22,23).